The first-order valence-electron chi connectivity index (χ1n) is 6.75. The highest BCUT2D eigenvalue weighted by molar-refractivity contribution is 7.89. The lowest BCUT2D eigenvalue weighted by molar-refractivity contribution is 0.555. The number of benzene rings is 1. The Kier molecular flexibility index (Phi) is 3.91. The maximum atomic E-state index is 12.3. The van der Waals surface area contributed by atoms with Crippen molar-refractivity contribution in [1.29, 1.82) is 0 Å². The van der Waals surface area contributed by atoms with Gasteiger partial charge in [-0.05, 0) is 18.5 Å². The molecule has 1 heterocycles. The van der Waals surface area contributed by atoms with Gasteiger partial charge in [-0.3, -0.25) is 0 Å². The molecule has 0 saturated carbocycles. The molecule has 19 heavy (non-hydrogen) atoms. The molecule has 2 atom stereocenters. The van der Waals surface area contributed by atoms with Crippen LogP contribution in [0.25, 0.3) is 0 Å². The van der Waals surface area contributed by atoms with Crippen LogP contribution >= 0.6 is 0 Å². The molecule has 1 saturated heterocycles. The monoisotopic (exact) mass is 297 g/mol. The number of hydrogen-bond donors (Lipinski definition) is 0. The third-order valence-corrected chi connectivity index (χ3v) is 7.41. The predicted octanol–water partition coefficient (Wildman–Crippen LogP) is 3.02. The minimum absolute atomic E-state index is 0.0755. The summed E-state index contributed by atoms with van der Waals surface area (Å²) in [7, 11) is -4.36. The van der Waals surface area contributed by atoms with Gasteiger partial charge in [-0.1, -0.05) is 49.5 Å². The molecule has 1 fully saturated rings. The summed E-state index contributed by atoms with van der Waals surface area (Å²) in [6.07, 6.45) is 0. The minimum atomic E-state index is -3.06. The van der Waals surface area contributed by atoms with Crippen molar-refractivity contribution in [3.8, 4) is 0 Å². The van der Waals surface area contributed by atoms with E-state index >= 15 is 0 Å². The van der Waals surface area contributed by atoms with Crippen molar-refractivity contribution in [3.05, 3.63) is 35.4 Å². The first-order valence-corrected chi connectivity index (χ1v) is 12.1. The van der Waals surface area contributed by atoms with Gasteiger partial charge in [0, 0.05) is 14.6 Å². The highest BCUT2D eigenvalue weighted by Gasteiger charge is 2.44. The van der Waals surface area contributed by atoms with Gasteiger partial charge in [-0.2, -0.15) is 4.31 Å². The van der Waals surface area contributed by atoms with Gasteiger partial charge in [0.1, 0.15) is 0 Å². The molecule has 0 aliphatic carbocycles. The Morgan fingerprint density at radius 1 is 1.32 bits per heavy atom. The van der Waals surface area contributed by atoms with Gasteiger partial charge >= 0.3 is 0 Å². The van der Waals surface area contributed by atoms with Gasteiger partial charge in [0.2, 0.25) is 10.0 Å². The second-order valence-corrected chi connectivity index (χ2v) is 14.3. The van der Waals surface area contributed by atoms with Crippen LogP contribution in [0, 0.1) is 6.92 Å². The van der Waals surface area contributed by atoms with Crippen LogP contribution in [0.3, 0.4) is 0 Å². The molecule has 1 aliphatic rings. The fraction of sp³-hybridized carbons (Fsp3) is 0.571. The summed E-state index contributed by atoms with van der Waals surface area (Å²) in [5.41, 5.74) is 2.31. The lowest BCUT2D eigenvalue weighted by Gasteiger charge is -2.15. The summed E-state index contributed by atoms with van der Waals surface area (Å²) in [6, 6.07) is 9.05. The van der Waals surface area contributed by atoms with Crippen LogP contribution in [0.5, 0.6) is 0 Å². The van der Waals surface area contributed by atoms with E-state index in [1.54, 1.807) is 4.31 Å². The highest BCUT2D eigenvalue weighted by Crippen LogP contribution is 2.38. The van der Waals surface area contributed by atoms with Crippen molar-refractivity contribution in [2.24, 2.45) is 0 Å². The number of sulfonamides is 1. The van der Waals surface area contributed by atoms with Gasteiger partial charge in [-0.25, -0.2) is 8.42 Å². The summed E-state index contributed by atoms with van der Waals surface area (Å²) < 4.78 is 26.2. The zero-order chi connectivity index (χ0) is 14.3. The van der Waals surface area contributed by atoms with E-state index in [4.69, 9.17) is 0 Å². The third kappa shape index (κ3) is 3.90. The Balaban J connectivity index is 2.02. The molecule has 0 amide bonds. The van der Waals surface area contributed by atoms with E-state index in [2.05, 4.69) is 25.7 Å². The molecule has 1 aliphatic heterocycles. The second kappa shape index (κ2) is 5.03. The van der Waals surface area contributed by atoms with Crippen LogP contribution in [0.4, 0.5) is 0 Å². The average Bonchev–Trinajstić information content (AvgIpc) is 3.06. The van der Waals surface area contributed by atoms with Crippen LogP contribution in [0.15, 0.2) is 24.3 Å². The predicted molar refractivity (Wildman–Crippen MR) is 82.6 cm³/mol. The molecule has 2 rings (SSSR count). The topological polar surface area (TPSA) is 37.1 Å². The molecule has 0 bridgehead atoms. The van der Waals surface area contributed by atoms with Crippen LogP contribution < -0.4 is 0 Å². The molecule has 106 valence electrons. The molecule has 1 unspecified atom stereocenters. The van der Waals surface area contributed by atoms with E-state index in [-0.39, 0.29) is 6.04 Å². The summed E-state index contributed by atoms with van der Waals surface area (Å²) in [5.74, 6) is 0.311. The molecule has 0 N–H and O–H groups in total. The van der Waals surface area contributed by atoms with E-state index in [0.717, 1.165) is 11.6 Å². The standard InChI is InChI=1S/C14H23NO2SSi/c1-12-6-5-7-13(10-12)14-11-15(14)18(16,17)8-9-19(2,3)4/h5-7,10,14H,8-9,11H2,1-4H3/t14-,15?/m0/s1. The number of nitrogens with zero attached hydrogens (tertiary/aromatic N) is 1. The Morgan fingerprint density at radius 3 is 2.58 bits per heavy atom. The van der Waals surface area contributed by atoms with Gasteiger partial charge < -0.3 is 0 Å². The molecule has 1 aromatic carbocycles. The maximum Gasteiger partial charge on any atom is 0.214 e. The quantitative estimate of drug-likeness (QED) is 0.619. The van der Waals surface area contributed by atoms with Crippen molar-refractivity contribution in [2.75, 3.05) is 12.3 Å². The van der Waals surface area contributed by atoms with Gasteiger partial charge in [0.25, 0.3) is 0 Å². The van der Waals surface area contributed by atoms with E-state index in [1.165, 1.54) is 5.56 Å². The molecule has 0 radical (unpaired) electrons. The van der Waals surface area contributed by atoms with Crippen molar-refractivity contribution in [1.82, 2.24) is 4.31 Å². The summed E-state index contributed by atoms with van der Waals surface area (Å²) in [4.78, 5) is 0. The zero-order valence-electron chi connectivity index (χ0n) is 12.2. The summed E-state index contributed by atoms with van der Waals surface area (Å²) in [6.45, 7) is 9.32. The van der Waals surface area contributed by atoms with Crippen LogP contribution in [-0.2, 0) is 10.0 Å². The fourth-order valence-corrected chi connectivity index (χ4v) is 6.73. The summed E-state index contributed by atoms with van der Waals surface area (Å²) in [5, 5.41) is 0. The first-order chi connectivity index (χ1) is 8.69. The average molecular weight is 297 g/mol. The lowest BCUT2D eigenvalue weighted by atomic mass is 10.1. The molecular weight excluding hydrogens is 274 g/mol. The van der Waals surface area contributed by atoms with Crippen LogP contribution in [0.1, 0.15) is 17.2 Å². The SMILES string of the molecule is Cc1cccc([C@@H]2CN2S(=O)(=O)CC[Si](C)(C)C)c1. The van der Waals surface area contributed by atoms with Crippen LogP contribution in [-0.4, -0.2) is 33.1 Å². The first kappa shape index (κ1) is 14.7. The number of rotatable bonds is 5. The van der Waals surface area contributed by atoms with Gasteiger partial charge in [0.05, 0.1) is 11.8 Å². The van der Waals surface area contributed by atoms with Crippen molar-refractivity contribution < 1.29 is 8.42 Å². The van der Waals surface area contributed by atoms with Crippen molar-refractivity contribution >= 4 is 18.1 Å². The number of hydrogen-bond acceptors (Lipinski definition) is 2. The van der Waals surface area contributed by atoms with Gasteiger partial charge in [-0.15, -0.1) is 0 Å². The highest BCUT2D eigenvalue weighted by atomic mass is 32.2. The summed E-state index contributed by atoms with van der Waals surface area (Å²) >= 11 is 0. The minimum Gasteiger partial charge on any atom is -0.212 e. The van der Waals surface area contributed by atoms with E-state index in [9.17, 15) is 8.42 Å². The molecule has 0 spiro atoms. The Hall–Kier alpha value is -0.653. The van der Waals surface area contributed by atoms with E-state index in [0.29, 0.717) is 12.3 Å². The smallest absolute Gasteiger partial charge is 0.212 e. The fourth-order valence-electron chi connectivity index (χ4n) is 2.13. The second-order valence-electron chi connectivity index (χ2n) is 6.63. The Bertz CT molecular complexity index is 563. The molecule has 5 heteroatoms. The molecule has 3 nitrogen and oxygen atoms in total. The van der Waals surface area contributed by atoms with Crippen molar-refractivity contribution in [2.45, 2.75) is 38.7 Å². The Labute approximate surface area is 117 Å². The largest absolute Gasteiger partial charge is 0.214 e. The number of aryl methyl sites for hydroxylation is 1. The Morgan fingerprint density at radius 2 is 2.00 bits per heavy atom. The maximum absolute atomic E-state index is 12.3. The molecular formula is C14H23NO2SSi. The van der Waals surface area contributed by atoms with Crippen LogP contribution in [0.2, 0.25) is 25.7 Å². The molecule has 1 aromatic rings. The third-order valence-electron chi connectivity index (χ3n) is 3.46. The van der Waals surface area contributed by atoms with Crippen molar-refractivity contribution in [3.63, 3.8) is 0 Å². The lowest BCUT2D eigenvalue weighted by Crippen LogP contribution is -2.26. The van der Waals surface area contributed by atoms with E-state index in [1.807, 2.05) is 25.1 Å². The van der Waals surface area contributed by atoms with Gasteiger partial charge in [0.15, 0.2) is 0 Å². The zero-order valence-corrected chi connectivity index (χ0v) is 14.0. The molecule has 0 aromatic heterocycles. The normalized spacial score (nSPS) is 23.4. The van der Waals surface area contributed by atoms with E-state index < -0.39 is 18.1 Å².